The lowest BCUT2D eigenvalue weighted by atomic mass is 9.49. The topological polar surface area (TPSA) is 57.8 Å². The first-order valence-electron chi connectivity index (χ1n) is 8.97. The maximum absolute atomic E-state index is 12.5. The number of amides is 1. The van der Waals surface area contributed by atoms with Crippen LogP contribution in [0.2, 0.25) is 0 Å². The van der Waals surface area contributed by atoms with E-state index in [0.29, 0.717) is 11.3 Å². The van der Waals surface area contributed by atoms with Gasteiger partial charge in [0.05, 0.1) is 6.33 Å². The first-order chi connectivity index (χ1) is 10.7. The monoisotopic (exact) mass is 299 g/mol. The molecule has 1 amide bonds. The molecular formula is C18H25N3O. The molecule has 5 fully saturated rings. The summed E-state index contributed by atoms with van der Waals surface area (Å²) in [6.07, 6.45) is 13.1. The van der Waals surface area contributed by atoms with E-state index in [1.165, 1.54) is 38.5 Å². The Morgan fingerprint density at radius 1 is 1.18 bits per heavy atom. The zero-order valence-electron chi connectivity index (χ0n) is 13.1. The molecule has 0 saturated heterocycles. The van der Waals surface area contributed by atoms with Gasteiger partial charge < -0.3 is 10.3 Å². The van der Waals surface area contributed by atoms with Crippen LogP contribution in [0.5, 0.6) is 0 Å². The van der Waals surface area contributed by atoms with E-state index in [9.17, 15) is 4.79 Å². The van der Waals surface area contributed by atoms with Crippen molar-refractivity contribution < 1.29 is 4.79 Å². The van der Waals surface area contributed by atoms with Crippen molar-refractivity contribution in [3.63, 3.8) is 0 Å². The van der Waals surface area contributed by atoms with Crippen LogP contribution in [0.15, 0.2) is 12.5 Å². The van der Waals surface area contributed by atoms with Crippen LogP contribution >= 0.6 is 0 Å². The summed E-state index contributed by atoms with van der Waals surface area (Å²) >= 11 is 0. The molecule has 5 aliphatic rings. The molecule has 2 atom stereocenters. The number of aromatic nitrogens is 2. The van der Waals surface area contributed by atoms with Gasteiger partial charge in [-0.1, -0.05) is 0 Å². The van der Waals surface area contributed by atoms with Crippen molar-refractivity contribution in [2.45, 2.75) is 50.9 Å². The number of hydrogen-bond donors (Lipinski definition) is 2. The lowest BCUT2D eigenvalue weighted by Crippen LogP contribution is -2.51. The third kappa shape index (κ3) is 2.10. The summed E-state index contributed by atoms with van der Waals surface area (Å²) in [6.45, 7) is 0.932. The van der Waals surface area contributed by atoms with E-state index in [2.05, 4.69) is 15.3 Å². The average Bonchev–Trinajstić information content (AvgIpc) is 3.09. The third-order valence-electron chi connectivity index (χ3n) is 6.85. The number of rotatable bonds is 4. The van der Waals surface area contributed by atoms with Gasteiger partial charge in [0.1, 0.15) is 0 Å². The molecule has 1 unspecified atom stereocenters. The highest BCUT2D eigenvalue weighted by Crippen LogP contribution is 2.59. The number of aromatic amines is 1. The van der Waals surface area contributed by atoms with Crippen LogP contribution in [-0.2, 0) is 4.79 Å². The summed E-state index contributed by atoms with van der Waals surface area (Å²) in [6, 6.07) is 0. The molecule has 0 spiro atoms. The molecule has 4 bridgehead atoms. The summed E-state index contributed by atoms with van der Waals surface area (Å²) in [7, 11) is 0. The van der Waals surface area contributed by atoms with Crippen LogP contribution in [0.1, 0.15) is 56.6 Å². The molecule has 0 aromatic carbocycles. The number of carbonyl (C=O) groups is 1. The highest BCUT2D eigenvalue weighted by Gasteiger charge is 2.51. The average molecular weight is 299 g/mol. The molecule has 4 heteroatoms. The second-order valence-corrected chi connectivity index (χ2v) is 8.59. The van der Waals surface area contributed by atoms with E-state index in [0.717, 1.165) is 36.4 Å². The summed E-state index contributed by atoms with van der Waals surface area (Å²) in [5, 5.41) is 3.32. The van der Waals surface area contributed by atoms with Crippen molar-refractivity contribution in [2.24, 2.45) is 29.1 Å². The molecule has 118 valence electrons. The van der Waals surface area contributed by atoms with Crippen molar-refractivity contribution >= 4 is 5.91 Å². The molecule has 1 aromatic rings. The standard InChI is InChI=1S/C18H25N3O/c22-17(15-4-14(15)16-8-19-10-21-16)20-9-18-5-11-1-12(6-18)3-13(2-11)7-18/h8,10-15H,1-7,9H2,(H,19,21)(H,20,22)/t11?,12?,13?,14-,15?,18?/m1/s1. The van der Waals surface area contributed by atoms with Crippen LogP contribution in [0.25, 0.3) is 0 Å². The third-order valence-corrected chi connectivity index (χ3v) is 6.85. The van der Waals surface area contributed by atoms with E-state index in [4.69, 9.17) is 0 Å². The fraction of sp³-hybridized carbons (Fsp3) is 0.778. The number of nitrogens with zero attached hydrogens (tertiary/aromatic N) is 1. The van der Waals surface area contributed by atoms with E-state index < -0.39 is 0 Å². The predicted molar refractivity (Wildman–Crippen MR) is 83.1 cm³/mol. The Morgan fingerprint density at radius 3 is 2.45 bits per heavy atom. The summed E-state index contributed by atoms with van der Waals surface area (Å²) in [4.78, 5) is 19.7. The maximum Gasteiger partial charge on any atom is 0.223 e. The minimum absolute atomic E-state index is 0.175. The largest absolute Gasteiger partial charge is 0.355 e. The van der Waals surface area contributed by atoms with Crippen molar-refractivity contribution in [3.8, 4) is 0 Å². The zero-order chi connectivity index (χ0) is 14.7. The second-order valence-electron chi connectivity index (χ2n) is 8.59. The number of carbonyl (C=O) groups excluding carboxylic acids is 1. The smallest absolute Gasteiger partial charge is 0.223 e. The second kappa shape index (κ2) is 4.59. The number of hydrogen-bond acceptors (Lipinski definition) is 2. The SMILES string of the molecule is O=C(NCC12CC3CC(CC(C3)C1)C2)C1C[C@H]1c1cnc[nH]1. The molecule has 2 N–H and O–H groups in total. The Hall–Kier alpha value is -1.32. The Labute approximate surface area is 131 Å². The van der Waals surface area contributed by atoms with E-state index in [1.54, 1.807) is 6.33 Å². The highest BCUT2D eigenvalue weighted by molar-refractivity contribution is 5.82. The van der Waals surface area contributed by atoms with Gasteiger partial charge in [-0.3, -0.25) is 4.79 Å². The minimum Gasteiger partial charge on any atom is -0.355 e. The van der Waals surface area contributed by atoms with Gasteiger partial charge >= 0.3 is 0 Å². The van der Waals surface area contributed by atoms with Crippen LogP contribution in [-0.4, -0.2) is 22.4 Å². The zero-order valence-corrected chi connectivity index (χ0v) is 13.1. The van der Waals surface area contributed by atoms with Gasteiger partial charge in [-0.25, -0.2) is 4.98 Å². The Kier molecular flexibility index (Phi) is 2.74. The Balaban J connectivity index is 1.20. The summed E-state index contributed by atoms with van der Waals surface area (Å²) < 4.78 is 0. The lowest BCUT2D eigenvalue weighted by molar-refractivity contribution is -0.124. The Bertz CT molecular complexity index is 544. The van der Waals surface area contributed by atoms with Gasteiger partial charge in [0.2, 0.25) is 5.91 Å². The number of nitrogens with one attached hydrogen (secondary N) is 2. The van der Waals surface area contributed by atoms with Gasteiger partial charge in [0, 0.05) is 30.3 Å². The summed E-state index contributed by atoms with van der Waals surface area (Å²) in [5.41, 5.74) is 1.57. The molecule has 1 heterocycles. The molecular weight excluding hydrogens is 274 g/mol. The molecule has 5 saturated carbocycles. The normalized spacial score (nSPS) is 45.0. The van der Waals surface area contributed by atoms with Gasteiger partial charge in [-0.15, -0.1) is 0 Å². The van der Waals surface area contributed by atoms with Crippen LogP contribution < -0.4 is 5.32 Å². The fourth-order valence-corrected chi connectivity index (χ4v) is 6.21. The molecule has 4 nitrogen and oxygen atoms in total. The van der Waals surface area contributed by atoms with Gasteiger partial charge in [0.25, 0.3) is 0 Å². The Morgan fingerprint density at radius 2 is 1.86 bits per heavy atom. The first-order valence-corrected chi connectivity index (χ1v) is 8.97. The fourth-order valence-electron chi connectivity index (χ4n) is 6.21. The lowest BCUT2D eigenvalue weighted by Gasteiger charge is -2.56. The predicted octanol–water partition coefficient (Wildman–Crippen LogP) is 2.85. The van der Waals surface area contributed by atoms with E-state index in [-0.39, 0.29) is 11.8 Å². The molecule has 5 aliphatic carbocycles. The van der Waals surface area contributed by atoms with Crippen molar-refractivity contribution in [2.75, 3.05) is 6.54 Å². The van der Waals surface area contributed by atoms with Crippen molar-refractivity contribution in [1.82, 2.24) is 15.3 Å². The van der Waals surface area contributed by atoms with Crippen LogP contribution in [0.3, 0.4) is 0 Å². The number of H-pyrrole nitrogens is 1. The molecule has 6 rings (SSSR count). The highest BCUT2D eigenvalue weighted by atomic mass is 16.2. The van der Waals surface area contributed by atoms with E-state index >= 15 is 0 Å². The maximum atomic E-state index is 12.5. The minimum atomic E-state index is 0.175. The number of imidazole rings is 1. The van der Waals surface area contributed by atoms with Crippen LogP contribution in [0, 0.1) is 29.1 Å². The van der Waals surface area contributed by atoms with Crippen molar-refractivity contribution in [1.29, 1.82) is 0 Å². The van der Waals surface area contributed by atoms with E-state index in [1.807, 2.05) is 6.20 Å². The molecule has 0 aliphatic heterocycles. The molecule has 1 aromatic heterocycles. The van der Waals surface area contributed by atoms with Gasteiger partial charge in [-0.05, 0) is 68.1 Å². The summed E-state index contributed by atoms with van der Waals surface area (Å²) in [5.74, 6) is 3.70. The van der Waals surface area contributed by atoms with Crippen LogP contribution in [0.4, 0.5) is 0 Å². The molecule has 0 radical (unpaired) electrons. The van der Waals surface area contributed by atoms with Gasteiger partial charge in [-0.2, -0.15) is 0 Å². The molecule has 22 heavy (non-hydrogen) atoms. The first kappa shape index (κ1) is 13.1. The van der Waals surface area contributed by atoms with Crippen molar-refractivity contribution in [3.05, 3.63) is 18.2 Å². The van der Waals surface area contributed by atoms with Gasteiger partial charge in [0.15, 0.2) is 0 Å². The quantitative estimate of drug-likeness (QED) is 0.898.